The predicted molar refractivity (Wildman–Crippen MR) is 130 cm³/mol. The maximum atomic E-state index is 13.5. The van der Waals surface area contributed by atoms with Crippen LogP contribution in [0.2, 0.25) is 0 Å². The van der Waals surface area contributed by atoms with E-state index in [4.69, 9.17) is 14.2 Å². The smallest absolute Gasteiger partial charge is 0.331 e. The molecule has 0 saturated heterocycles. The lowest BCUT2D eigenvalue weighted by atomic mass is 10.0. The van der Waals surface area contributed by atoms with Crippen molar-refractivity contribution in [2.45, 2.75) is 19.6 Å². The molecule has 1 aliphatic heterocycles. The molecule has 8 heteroatoms. The van der Waals surface area contributed by atoms with Gasteiger partial charge in [-0.05, 0) is 30.2 Å². The van der Waals surface area contributed by atoms with Crippen LogP contribution < -0.4 is 20.7 Å². The number of benzene rings is 2. The molecule has 0 bridgehead atoms. The topological polar surface area (TPSA) is 76.6 Å². The molecule has 8 nitrogen and oxygen atoms in total. The van der Waals surface area contributed by atoms with Gasteiger partial charge in [0.1, 0.15) is 6.10 Å². The molecule has 4 aromatic rings. The molecule has 34 heavy (non-hydrogen) atoms. The summed E-state index contributed by atoms with van der Waals surface area (Å²) in [4.78, 5) is 26.4. The van der Waals surface area contributed by atoms with E-state index in [1.807, 2.05) is 49.4 Å². The van der Waals surface area contributed by atoms with Crippen molar-refractivity contribution in [2.75, 3.05) is 20.8 Å². The number of ether oxygens (including phenoxy) is 3. The van der Waals surface area contributed by atoms with Crippen molar-refractivity contribution in [3.05, 3.63) is 80.1 Å². The zero-order chi connectivity index (χ0) is 24.1. The second kappa shape index (κ2) is 8.22. The van der Waals surface area contributed by atoms with Crippen LogP contribution >= 0.6 is 0 Å². The highest BCUT2D eigenvalue weighted by Gasteiger charge is 2.33. The second-order valence-electron chi connectivity index (χ2n) is 8.55. The van der Waals surface area contributed by atoms with Gasteiger partial charge in [0, 0.05) is 20.6 Å². The van der Waals surface area contributed by atoms with Crippen molar-refractivity contribution in [3.8, 4) is 22.8 Å². The molecule has 2 aromatic carbocycles. The number of hydrogen-bond acceptors (Lipinski definition) is 5. The first-order chi connectivity index (χ1) is 16.4. The van der Waals surface area contributed by atoms with Crippen LogP contribution in [0.5, 0.6) is 11.5 Å². The Bertz CT molecular complexity index is 1530. The van der Waals surface area contributed by atoms with Crippen molar-refractivity contribution in [1.82, 2.24) is 13.7 Å². The van der Waals surface area contributed by atoms with Crippen LogP contribution in [-0.2, 0) is 25.4 Å². The van der Waals surface area contributed by atoms with Crippen molar-refractivity contribution in [3.63, 3.8) is 0 Å². The molecule has 0 N–H and O–H groups in total. The van der Waals surface area contributed by atoms with Crippen molar-refractivity contribution in [1.29, 1.82) is 0 Å². The molecular formula is C26H27N3O5. The second-order valence-corrected chi connectivity index (χ2v) is 8.55. The Labute approximate surface area is 196 Å². The van der Waals surface area contributed by atoms with Crippen LogP contribution in [0.25, 0.3) is 22.2 Å². The minimum Gasteiger partial charge on any atom is -0.493 e. The van der Waals surface area contributed by atoms with E-state index >= 15 is 0 Å². The van der Waals surface area contributed by atoms with E-state index in [0.717, 1.165) is 32.6 Å². The van der Waals surface area contributed by atoms with Crippen molar-refractivity contribution < 1.29 is 14.2 Å². The standard InChI is InChI=1S/C26H27N3O5/c1-15-6-8-16(9-7-15)21-20-22(27(2)26(31)28(3)25(20)30)23-24(34-13-12-29(21)23)17-10-11-18(32-4)19(14-17)33-5/h6-11,14,24H,12-13H2,1-5H3. The van der Waals surface area contributed by atoms with Gasteiger partial charge in [-0.15, -0.1) is 0 Å². The van der Waals surface area contributed by atoms with Gasteiger partial charge in [-0.1, -0.05) is 35.9 Å². The third-order valence-corrected chi connectivity index (χ3v) is 6.59. The highest BCUT2D eigenvalue weighted by molar-refractivity contribution is 5.96. The first-order valence-corrected chi connectivity index (χ1v) is 11.1. The monoisotopic (exact) mass is 461 g/mol. The molecule has 0 fully saturated rings. The maximum absolute atomic E-state index is 13.5. The summed E-state index contributed by atoms with van der Waals surface area (Å²) in [5, 5.41) is 0.513. The summed E-state index contributed by atoms with van der Waals surface area (Å²) in [6.45, 7) is 3.05. The minimum absolute atomic E-state index is 0.318. The molecule has 0 amide bonds. The first-order valence-electron chi connectivity index (χ1n) is 11.1. The normalized spacial score (nSPS) is 15.4. The lowest BCUT2D eigenvalue weighted by Gasteiger charge is -2.28. The third kappa shape index (κ3) is 3.17. The van der Waals surface area contributed by atoms with Gasteiger partial charge in [0.15, 0.2) is 11.5 Å². The van der Waals surface area contributed by atoms with Crippen molar-refractivity contribution in [2.24, 2.45) is 14.1 Å². The lowest BCUT2D eigenvalue weighted by molar-refractivity contribution is 0.0477. The van der Waals surface area contributed by atoms with E-state index in [0.29, 0.717) is 35.6 Å². The Morgan fingerprint density at radius 3 is 2.32 bits per heavy atom. The van der Waals surface area contributed by atoms with E-state index in [-0.39, 0.29) is 11.2 Å². The molecule has 176 valence electrons. The molecule has 0 aliphatic carbocycles. The number of hydrogen-bond donors (Lipinski definition) is 0. The van der Waals surface area contributed by atoms with Gasteiger partial charge in [0.2, 0.25) is 0 Å². The zero-order valence-corrected chi connectivity index (χ0v) is 19.9. The van der Waals surface area contributed by atoms with Gasteiger partial charge in [-0.25, -0.2) is 4.79 Å². The number of aromatic nitrogens is 3. The predicted octanol–water partition coefficient (Wildman–Crippen LogP) is 3.15. The van der Waals surface area contributed by atoms with E-state index < -0.39 is 6.10 Å². The third-order valence-electron chi connectivity index (χ3n) is 6.59. The van der Waals surface area contributed by atoms with Gasteiger partial charge in [-0.3, -0.25) is 13.9 Å². The SMILES string of the molecule is COc1ccc(C2OCCn3c(-c4ccc(C)cc4)c4c(=O)n(C)c(=O)n(C)c4c32)cc1OC. The molecule has 0 saturated carbocycles. The Kier molecular flexibility index (Phi) is 5.32. The average Bonchev–Trinajstić information content (AvgIpc) is 3.21. The summed E-state index contributed by atoms with van der Waals surface area (Å²) < 4.78 is 22.0. The van der Waals surface area contributed by atoms with E-state index in [1.54, 1.807) is 25.8 Å². The minimum atomic E-state index is -0.493. The Morgan fingerprint density at radius 2 is 1.65 bits per heavy atom. The van der Waals surface area contributed by atoms with Crippen molar-refractivity contribution >= 4 is 10.9 Å². The number of rotatable bonds is 4. The summed E-state index contributed by atoms with van der Waals surface area (Å²) in [6, 6.07) is 13.7. The van der Waals surface area contributed by atoms with Gasteiger partial charge < -0.3 is 18.8 Å². The number of methoxy groups -OCH3 is 2. The number of nitrogens with zero attached hydrogens (tertiary/aromatic N) is 3. The molecule has 3 heterocycles. The van der Waals surface area contributed by atoms with Gasteiger partial charge in [-0.2, -0.15) is 0 Å². The molecule has 0 spiro atoms. The van der Waals surface area contributed by atoms with E-state index in [2.05, 4.69) is 4.57 Å². The summed E-state index contributed by atoms with van der Waals surface area (Å²) in [6.07, 6.45) is -0.493. The molecule has 0 radical (unpaired) electrons. The zero-order valence-electron chi connectivity index (χ0n) is 19.9. The Morgan fingerprint density at radius 1 is 0.941 bits per heavy atom. The van der Waals surface area contributed by atoms with Gasteiger partial charge in [0.25, 0.3) is 5.56 Å². The van der Waals surface area contributed by atoms with Gasteiger partial charge in [0.05, 0.1) is 43.1 Å². The fraction of sp³-hybridized carbons (Fsp3) is 0.308. The summed E-state index contributed by atoms with van der Waals surface area (Å²) in [7, 11) is 6.39. The molecule has 2 aromatic heterocycles. The maximum Gasteiger partial charge on any atom is 0.331 e. The van der Waals surface area contributed by atoms with Crippen LogP contribution in [0.15, 0.2) is 52.1 Å². The fourth-order valence-electron chi connectivity index (χ4n) is 4.86. The summed E-state index contributed by atoms with van der Waals surface area (Å²) >= 11 is 0. The highest BCUT2D eigenvalue weighted by atomic mass is 16.5. The highest BCUT2D eigenvalue weighted by Crippen LogP contribution is 2.42. The van der Waals surface area contributed by atoms with E-state index in [1.165, 1.54) is 7.05 Å². The van der Waals surface area contributed by atoms with Crippen LogP contribution in [0.1, 0.15) is 22.9 Å². The molecular weight excluding hydrogens is 434 g/mol. The molecule has 1 aliphatic rings. The fourth-order valence-corrected chi connectivity index (χ4v) is 4.86. The average molecular weight is 462 g/mol. The van der Waals surface area contributed by atoms with E-state index in [9.17, 15) is 9.59 Å². The van der Waals surface area contributed by atoms with Crippen LogP contribution in [0.4, 0.5) is 0 Å². The lowest BCUT2D eigenvalue weighted by Crippen LogP contribution is -2.37. The summed E-state index contributed by atoms with van der Waals surface area (Å²) in [5.74, 6) is 1.20. The van der Waals surface area contributed by atoms with Crippen LogP contribution in [0, 0.1) is 6.92 Å². The Balaban J connectivity index is 1.88. The largest absolute Gasteiger partial charge is 0.493 e. The summed E-state index contributed by atoms with van der Waals surface area (Å²) in [5.41, 5.74) is 4.37. The molecule has 5 rings (SSSR count). The Hall–Kier alpha value is -3.78. The van der Waals surface area contributed by atoms with Crippen LogP contribution in [-0.4, -0.2) is 34.5 Å². The molecule has 1 atom stereocenters. The van der Waals surface area contributed by atoms with Crippen LogP contribution in [0.3, 0.4) is 0 Å². The number of fused-ring (bicyclic) bond motifs is 3. The number of aryl methyl sites for hydroxylation is 2. The molecule has 1 unspecified atom stereocenters. The quantitative estimate of drug-likeness (QED) is 0.467. The first kappa shape index (κ1) is 22.0. The van der Waals surface area contributed by atoms with Gasteiger partial charge >= 0.3 is 5.69 Å².